The molecule has 0 aliphatic rings. The highest BCUT2D eigenvalue weighted by atomic mass is 19.1. The molecule has 0 saturated carbocycles. The maximum atomic E-state index is 13.7. The summed E-state index contributed by atoms with van der Waals surface area (Å²) in [5, 5.41) is 0. The second kappa shape index (κ2) is 4.41. The Hall–Kier alpha value is -2.10. The summed E-state index contributed by atoms with van der Waals surface area (Å²) in [6, 6.07) is 5.68. The number of aromatic nitrogens is 1. The van der Waals surface area contributed by atoms with Crippen molar-refractivity contribution in [2.45, 2.75) is 6.92 Å². The van der Waals surface area contributed by atoms with Gasteiger partial charge in [0.05, 0.1) is 17.3 Å². The SMILES string of the molecule is Cc1cccc(C(=O)c2ccncc2F)c1F. The molecule has 1 heterocycles. The Balaban J connectivity index is 2.52. The van der Waals surface area contributed by atoms with Crippen molar-refractivity contribution in [3.63, 3.8) is 0 Å². The van der Waals surface area contributed by atoms with E-state index in [4.69, 9.17) is 0 Å². The number of aryl methyl sites for hydroxylation is 1. The van der Waals surface area contributed by atoms with E-state index < -0.39 is 17.4 Å². The van der Waals surface area contributed by atoms with Gasteiger partial charge < -0.3 is 0 Å². The lowest BCUT2D eigenvalue weighted by atomic mass is 10.0. The van der Waals surface area contributed by atoms with Crippen LogP contribution in [-0.2, 0) is 0 Å². The van der Waals surface area contributed by atoms with E-state index in [0.717, 1.165) is 6.20 Å². The van der Waals surface area contributed by atoms with E-state index in [1.807, 2.05) is 0 Å². The van der Waals surface area contributed by atoms with Crippen molar-refractivity contribution < 1.29 is 13.6 Å². The average Bonchev–Trinajstić information content (AvgIpc) is 2.32. The second-order valence-corrected chi connectivity index (χ2v) is 3.62. The minimum atomic E-state index is -0.751. The van der Waals surface area contributed by atoms with Crippen molar-refractivity contribution in [3.8, 4) is 0 Å². The van der Waals surface area contributed by atoms with E-state index in [1.165, 1.54) is 18.3 Å². The zero-order valence-electron chi connectivity index (χ0n) is 9.08. The Bertz CT molecular complexity index is 581. The molecule has 0 radical (unpaired) electrons. The van der Waals surface area contributed by atoms with Crippen molar-refractivity contribution in [2.24, 2.45) is 0 Å². The van der Waals surface area contributed by atoms with Crippen molar-refractivity contribution in [1.82, 2.24) is 4.98 Å². The molecule has 0 spiro atoms. The fourth-order valence-corrected chi connectivity index (χ4v) is 1.53. The normalized spacial score (nSPS) is 10.3. The van der Waals surface area contributed by atoms with Gasteiger partial charge in [-0.2, -0.15) is 0 Å². The third-order valence-electron chi connectivity index (χ3n) is 2.45. The van der Waals surface area contributed by atoms with Crippen LogP contribution in [-0.4, -0.2) is 10.8 Å². The number of ketones is 1. The van der Waals surface area contributed by atoms with Crippen molar-refractivity contribution in [2.75, 3.05) is 0 Å². The Morgan fingerprint density at radius 2 is 1.94 bits per heavy atom. The summed E-state index contributed by atoms with van der Waals surface area (Å²) in [4.78, 5) is 15.5. The monoisotopic (exact) mass is 233 g/mol. The van der Waals surface area contributed by atoms with E-state index in [9.17, 15) is 13.6 Å². The number of benzene rings is 1. The molecule has 17 heavy (non-hydrogen) atoms. The summed E-state index contributed by atoms with van der Waals surface area (Å²) in [7, 11) is 0. The first-order chi connectivity index (χ1) is 8.11. The minimum Gasteiger partial charge on any atom is -0.288 e. The fourth-order valence-electron chi connectivity index (χ4n) is 1.53. The molecule has 0 saturated heterocycles. The van der Waals surface area contributed by atoms with Gasteiger partial charge in [0.25, 0.3) is 0 Å². The van der Waals surface area contributed by atoms with Crippen LogP contribution in [0.25, 0.3) is 0 Å². The number of hydrogen-bond acceptors (Lipinski definition) is 2. The molecule has 0 unspecified atom stereocenters. The summed E-state index contributed by atoms with van der Waals surface area (Å²) >= 11 is 0. The van der Waals surface area contributed by atoms with Crippen molar-refractivity contribution in [3.05, 3.63) is 65.0 Å². The first-order valence-electron chi connectivity index (χ1n) is 5.00. The molecule has 2 nitrogen and oxygen atoms in total. The third-order valence-corrected chi connectivity index (χ3v) is 2.45. The average molecular weight is 233 g/mol. The number of rotatable bonds is 2. The lowest BCUT2D eigenvalue weighted by Gasteiger charge is -2.05. The first kappa shape index (κ1) is 11.4. The Morgan fingerprint density at radius 1 is 1.18 bits per heavy atom. The number of halogens is 2. The molecule has 4 heteroatoms. The zero-order chi connectivity index (χ0) is 12.4. The molecule has 0 amide bonds. The molecule has 0 bridgehead atoms. The van der Waals surface area contributed by atoms with Gasteiger partial charge in [-0.25, -0.2) is 8.78 Å². The van der Waals surface area contributed by atoms with E-state index in [0.29, 0.717) is 5.56 Å². The van der Waals surface area contributed by atoms with Gasteiger partial charge in [0.15, 0.2) is 11.6 Å². The van der Waals surface area contributed by atoms with Gasteiger partial charge in [0, 0.05) is 6.20 Å². The van der Waals surface area contributed by atoms with Crippen molar-refractivity contribution >= 4 is 5.78 Å². The molecule has 2 aromatic rings. The number of nitrogens with zero attached hydrogens (tertiary/aromatic N) is 1. The summed E-state index contributed by atoms with van der Waals surface area (Å²) in [6.07, 6.45) is 2.23. The van der Waals surface area contributed by atoms with Crippen LogP contribution in [0.1, 0.15) is 21.5 Å². The summed E-state index contributed by atoms with van der Waals surface area (Å²) < 4.78 is 27.1. The van der Waals surface area contributed by atoms with E-state index in [-0.39, 0.29) is 11.1 Å². The lowest BCUT2D eigenvalue weighted by Crippen LogP contribution is -2.07. The van der Waals surface area contributed by atoms with Crippen LogP contribution in [0.3, 0.4) is 0 Å². The standard InChI is InChI=1S/C13H9F2NO/c1-8-3-2-4-10(12(8)15)13(17)9-5-6-16-7-11(9)14/h2-7H,1H3. The molecule has 2 rings (SSSR count). The quantitative estimate of drug-likeness (QED) is 0.746. The van der Waals surface area contributed by atoms with Crippen LogP contribution in [0.4, 0.5) is 8.78 Å². The van der Waals surface area contributed by atoms with Gasteiger partial charge in [-0.15, -0.1) is 0 Å². The molecule has 0 aliphatic heterocycles. The smallest absolute Gasteiger partial charge is 0.199 e. The molecule has 0 atom stereocenters. The number of carbonyl (C=O) groups is 1. The molecular formula is C13H9F2NO. The predicted octanol–water partition coefficient (Wildman–Crippen LogP) is 2.90. The van der Waals surface area contributed by atoms with Gasteiger partial charge in [0.1, 0.15) is 5.82 Å². The molecule has 0 N–H and O–H groups in total. The molecule has 0 aliphatic carbocycles. The number of carbonyl (C=O) groups excluding carboxylic acids is 1. The largest absolute Gasteiger partial charge is 0.288 e. The summed E-state index contributed by atoms with van der Waals surface area (Å²) in [5.41, 5.74) is 0.0462. The molecule has 86 valence electrons. The summed E-state index contributed by atoms with van der Waals surface area (Å²) in [5.74, 6) is -2.04. The van der Waals surface area contributed by atoms with Crippen LogP contribution >= 0.6 is 0 Å². The number of hydrogen-bond donors (Lipinski definition) is 0. The van der Waals surface area contributed by atoms with Gasteiger partial charge in [-0.05, 0) is 24.6 Å². The van der Waals surface area contributed by atoms with Gasteiger partial charge >= 0.3 is 0 Å². The van der Waals surface area contributed by atoms with Crippen LogP contribution in [0.2, 0.25) is 0 Å². The molecular weight excluding hydrogens is 224 g/mol. The zero-order valence-corrected chi connectivity index (χ0v) is 9.08. The third kappa shape index (κ3) is 2.06. The van der Waals surface area contributed by atoms with Gasteiger partial charge in [0.2, 0.25) is 0 Å². The van der Waals surface area contributed by atoms with Gasteiger partial charge in [-0.3, -0.25) is 9.78 Å². The van der Waals surface area contributed by atoms with Gasteiger partial charge in [-0.1, -0.05) is 12.1 Å². The molecule has 1 aromatic carbocycles. The van der Waals surface area contributed by atoms with Crippen LogP contribution < -0.4 is 0 Å². The van der Waals surface area contributed by atoms with E-state index >= 15 is 0 Å². The van der Waals surface area contributed by atoms with Crippen LogP contribution in [0, 0.1) is 18.6 Å². The van der Waals surface area contributed by atoms with Crippen LogP contribution in [0.15, 0.2) is 36.7 Å². The topological polar surface area (TPSA) is 30.0 Å². The second-order valence-electron chi connectivity index (χ2n) is 3.62. The predicted molar refractivity (Wildman–Crippen MR) is 58.8 cm³/mol. The highest BCUT2D eigenvalue weighted by Crippen LogP contribution is 2.17. The maximum Gasteiger partial charge on any atom is 0.199 e. The Morgan fingerprint density at radius 3 is 2.65 bits per heavy atom. The molecule has 0 fully saturated rings. The highest BCUT2D eigenvalue weighted by molar-refractivity contribution is 6.09. The number of pyridine rings is 1. The summed E-state index contributed by atoms with van der Waals surface area (Å²) in [6.45, 7) is 1.55. The van der Waals surface area contributed by atoms with E-state index in [2.05, 4.69) is 4.98 Å². The highest BCUT2D eigenvalue weighted by Gasteiger charge is 2.18. The fraction of sp³-hybridized carbons (Fsp3) is 0.0769. The maximum absolute atomic E-state index is 13.7. The van der Waals surface area contributed by atoms with Crippen LogP contribution in [0.5, 0.6) is 0 Å². The Labute approximate surface area is 96.9 Å². The minimum absolute atomic E-state index is 0.130. The first-order valence-corrected chi connectivity index (χ1v) is 5.00. The van der Waals surface area contributed by atoms with Crippen molar-refractivity contribution in [1.29, 1.82) is 0 Å². The lowest BCUT2D eigenvalue weighted by molar-refractivity contribution is 0.103. The molecule has 1 aromatic heterocycles. The van der Waals surface area contributed by atoms with E-state index in [1.54, 1.807) is 19.1 Å². The Kier molecular flexibility index (Phi) is 2.95.